The molecule has 1 aromatic carbocycles. The van der Waals surface area contributed by atoms with E-state index in [1.54, 1.807) is 19.9 Å². The first-order valence-corrected chi connectivity index (χ1v) is 23.0. The third kappa shape index (κ3) is 8.07. The van der Waals surface area contributed by atoms with Gasteiger partial charge in [-0.15, -0.1) is 0 Å². The van der Waals surface area contributed by atoms with Crippen molar-refractivity contribution in [3.63, 3.8) is 0 Å². The molecule has 2 amide bonds. The molecule has 332 valence electrons. The van der Waals surface area contributed by atoms with Gasteiger partial charge in [-0.1, -0.05) is 58.9 Å². The Morgan fingerprint density at radius 1 is 0.833 bits per heavy atom. The van der Waals surface area contributed by atoms with E-state index in [2.05, 4.69) is 58.8 Å². The van der Waals surface area contributed by atoms with Gasteiger partial charge in [-0.25, -0.2) is 0 Å². The molecule has 0 aliphatic heterocycles. The number of hydrogen-bond donors (Lipinski definition) is 4. The number of amides is 2. The van der Waals surface area contributed by atoms with Crippen LogP contribution in [-0.2, 0) is 30.3 Å². The van der Waals surface area contributed by atoms with Crippen molar-refractivity contribution in [1.82, 2.24) is 10.6 Å². The van der Waals surface area contributed by atoms with Crippen molar-refractivity contribution in [1.29, 1.82) is 0 Å². The van der Waals surface area contributed by atoms with Crippen LogP contribution >= 0.6 is 0 Å². The fourth-order valence-electron chi connectivity index (χ4n) is 14.4. The average Bonchev–Trinajstić information content (AvgIpc) is 3.57. The van der Waals surface area contributed by atoms with Crippen LogP contribution in [0, 0.1) is 62.1 Å². The molecule has 10 atom stereocenters. The van der Waals surface area contributed by atoms with Gasteiger partial charge in [-0.3, -0.25) is 24.0 Å². The molecule has 0 spiro atoms. The first-order valence-electron chi connectivity index (χ1n) is 23.0. The van der Waals surface area contributed by atoms with Crippen LogP contribution in [-0.4, -0.2) is 59.1 Å². The van der Waals surface area contributed by atoms with Crippen LogP contribution in [0.2, 0.25) is 0 Å². The lowest BCUT2D eigenvalue weighted by Crippen LogP contribution is -2.67. The second-order valence-corrected chi connectivity index (χ2v) is 21.9. The lowest BCUT2D eigenvalue weighted by molar-refractivity contribution is -0.249. The normalized spacial score (nSPS) is 35.4. The van der Waals surface area contributed by atoms with Gasteiger partial charge in [0, 0.05) is 30.5 Å². The van der Waals surface area contributed by atoms with Gasteiger partial charge in [0.2, 0.25) is 5.91 Å². The van der Waals surface area contributed by atoms with Crippen LogP contribution in [0.25, 0.3) is 0 Å². The summed E-state index contributed by atoms with van der Waals surface area (Å²) in [6.07, 6.45) is 11.4. The van der Waals surface area contributed by atoms with Crippen molar-refractivity contribution in [3.05, 3.63) is 47.5 Å². The number of rotatable bonds is 15. The number of allylic oxidation sites excluding steroid dienone is 1. The summed E-state index contributed by atoms with van der Waals surface area (Å²) in [6.45, 7) is 23.0. The molecule has 0 saturated heterocycles. The number of nitrogens with one attached hydrogen (secondary N) is 2. The molecule has 10 nitrogen and oxygen atoms in total. The molecular formula is C50H74N2O8. The first-order chi connectivity index (χ1) is 28.0. The van der Waals surface area contributed by atoms with E-state index in [0.29, 0.717) is 61.6 Å². The van der Waals surface area contributed by atoms with E-state index in [4.69, 9.17) is 9.84 Å². The number of carboxylic acids is 2. The maximum absolute atomic E-state index is 14.7. The molecular weight excluding hydrogens is 757 g/mol. The molecule has 10 heteroatoms. The number of hydrogen-bond acceptors (Lipinski definition) is 6. The lowest BCUT2D eigenvalue weighted by Gasteiger charge is -2.72. The maximum atomic E-state index is 14.7. The van der Waals surface area contributed by atoms with Crippen LogP contribution in [0.15, 0.2) is 36.4 Å². The summed E-state index contributed by atoms with van der Waals surface area (Å²) in [5, 5.41) is 24.8. The quantitative estimate of drug-likeness (QED) is 0.0773. The Kier molecular flexibility index (Phi) is 12.9. The van der Waals surface area contributed by atoms with Gasteiger partial charge in [0.15, 0.2) is 0 Å². The van der Waals surface area contributed by atoms with Crippen LogP contribution in [0.3, 0.4) is 0 Å². The largest absolute Gasteiger partial charge is 0.481 e. The van der Waals surface area contributed by atoms with Gasteiger partial charge < -0.3 is 25.6 Å². The van der Waals surface area contributed by atoms with Crippen LogP contribution in [0.1, 0.15) is 161 Å². The molecule has 5 fully saturated rings. The molecule has 5 aliphatic carbocycles. The number of unbranched alkanes of at least 4 members (excludes halogenated alkanes) is 1. The summed E-state index contributed by atoms with van der Waals surface area (Å²) in [6, 6.07) is 7.54. The van der Waals surface area contributed by atoms with Crippen LogP contribution in [0.4, 0.5) is 0 Å². The van der Waals surface area contributed by atoms with Crippen molar-refractivity contribution in [3.8, 4) is 0 Å². The van der Waals surface area contributed by atoms with Crippen molar-refractivity contribution in [2.24, 2.45) is 62.1 Å². The van der Waals surface area contributed by atoms with E-state index < -0.39 is 28.7 Å². The molecule has 0 aromatic heterocycles. The Balaban J connectivity index is 1.15. The summed E-state index contributed by atoms with van der Waals surface area (Å²) in [5.74, 6) is -0.420. The summed E-state index contributed by atoms with van der Waals surface area (Å²) in [4.78, 5) is 63.2. The summed E-state index contributed by atoms with van der Waals surface area (Å²) in [7, 11) is 0. The number of fused-ring (bicyclic) bond motifs is 7. The smallest absolute Gasteiger partial charge is 0.309 e. The molecule has 6 rings (SSSR count). The monoisotopic (exact) mass is 831 g/mol. The summed E-state index contributed by atoms with van der Waals surface area (Å²) >= 11 is 0. The van der Waals surface area contributed by atoms with E-state index in [0.717, 1.165) is 69.8 Å². The minimum absolute atomic E-state index is 0.0591. The highest BCUT2D eigenvalue weighted by Crippen LogP contribution is 2.77. The molecule has 4 N–H and O–H groups in total. The second kappa shape index (κ2) is 16.9. The number of aliphatic carboxylic acids is 2. The third-order valence-electron chi connectivity index (χ3n) is 17.9. The predicted octanol–water partition coefficient (Wildman–Crippen LogP) is 9.40. The fourth-order valence-corrected chi connectivity index (χ4v) is 14.4. The molecule has 0 radical (unpaired) electrons. The molecule has 0 unspecified atom stereocenters. The van der Waals surface area contributed by atoms with Gasteiger partial charge in [0.05, 0.1) is 17.3 Å². The minimum atomic E-state index is -1.17. The lowest BCUT2D eigenvalue weighted by atomic mass is 9.32. The molecule has 0 heterocycles. The topological polar surface area (TPSA) is 159 Å². The molecule has 0 bridgehead atoms. The van der Waals surface area contributed by atoms with Gasteiger partial charge in [-0.05, 0) is 168 Å². The van der Waals surface area contributed by atoms with Crippen molar-refractivity contribution in [2.45, 2.75) is 158 Å². The Hall–Kier alpha value is -3.69. The third-order valence-corrected chi connectivity index (χ3v) is 17.9. The molecule has 1 aromatic rings. The van der Waals surface area contributed by atoms with E-state index >= 15 is 0 Å². The number of esters is 1. The highest BCUT2D eigenvalue weighted by molar-refractivity contribution is 5.94. The van der Waals surface area contributed by atoms with Gasteiger partial charge in [0.25, 0.3) is 5.91 Å². The zero-order chi connectivity index (χ0) is 44.1. The van der Waals surface area contributed by atoms with Gasteiger partial charge in [-0.2, -0.15) is 0 Å². The highest BCUT2D eigenvalue weighted by Gasteiger charge is 2.72. The van der Waals surface area contributed by atoms with E-state index in [-0.39, 0.29) is 58.3 Å². The average molecular weight is 831 g/mol. The standard InChI is InChI=1S/C50H74N2O8/c1-31(2)34-18-24-50(43(57)52-28-21-32-13-12-14-33(29-32)42(56)51-27-11-10-15-39(53)54)26-25-48(8)35(41(34)50)16-17-37-47(7)22-20-38(60-40(55)30-45(3,4)44(58)59)46(5,6)36(47)19-23-49(37,48)9/h12-14,29,34-38,41H,1,10-11,15-28,30H2,2-9H3,(H,51,56)(H,52,57)(H,53,54)(H,58,59)/t34-,35+,36-,37+,38-,41+,47-,48+,49+,50-/m0/s1. The van der Waals surface area contributed by atoms with Crippen molar-refractivity contribution in [2.75, 3.05) is 13.1 Å². The predicted molar refractivity (Wildman–Crippen MR) is 232 cm³/mol. The number of carboxylic acid groups (broad SMARTS) is 2. The van der Waals surface area contributed by atoms with Crippen molar-refractivity contribution < 1.29 is 38.9 Å². The van der Waals surface area contributed by atoms with E-state index in [1.165, 1.54) is 5.57 Å². The number of carbonyl (C=O) groups excluding carboxylic acids is 3. The minimum Gasteiger partial charge on any atom is -0.481 e. The fraction of sp³-hybridized carbons (Fsp3) is 0.740. The Morgan fingerprint density at radius 2 is 1.57 bits per heavy atom. The molecule has 60 heavy (non-hydrogen) atoms. The van der Waals surface area contributed by atoms with Gasteiger partial charge >= 0.3 is 17.9 Å². The Bertz CT molecular complexity index is 1850. The number of carbonyl (C=O) groups is 5. The highest BCUT2D eigenvalue weighted by atomic mass is 16.5. The van der Waals surface area contributed by atoms with Crippen LogP contribution in [0.5, 0.6) is 0 Å². The molecule has 5 saturated carbocycles. The Morgan fingerprint density at radius 3 is 2.25 bits per heavy atom. The van der Waals surface area contributed by atoms with Crippen molar-refractivity contribution >= 4 is 29.7 Å². The molecule has 5 aliphatic rings. The number of ether oxygens (including phenoxy) is 1. The summed E-state index contributed by atoms with van der Waals surface area (Å²) in [5.41, 5.74) is 1.11. The zero-order valence-electron chi connectivity index (χ0n) is 37.8. The van der Waals surface area contributed by atoms with Gasteiger partial charge in [0.1, 0.15) is 6.10 Å². The van der Waals surface area contributed by atoms with Crippen LogP contribution < -0.4 is 10.6 Å². The van der Waals surface area contributed by atoms with E-state index in [1.807, 2.05) is 18.2 Å². The zero-order valence-corrected chi connectivity index (χ0v) is 37.8. The maximum Gasteiger partial charge on any atom is 0.309 e. The SMILES string of the molecule is C=C(C)[C@@H]1CC[C@]2(C(=O)NCCc3cccc(C(=O)NCCCCC(=O)O)c3)CC[C@]3(C)[C@H](CC[C@@H]4[C@@]5(C)CC[C@H](OC(=O)CC(C)(C)C(=O)O)C(C)(C)[C@@H]5CC[C@]43C)[C@@H]12. The van der Waals surface area contributed by atoms with E-state index in [9.17, 15) is 29.1 Å². The second-order valence-electron chi connectivity index (χ2n) is 21.9. The first kappa shape index (κ1) is 45.8. The summed E-state index contributed by atoms with van der Waals surface area (Å²) < 4.78 is 6.18. The number of benzene rings is 1. The Labute approximate surface area is 358 Å².